The molecule has 0 saturated carbocycles. The van der Waals surface area contributed by atoms with Gasteiger partial charge in [0.1, 0.15) is 0 Å². The van der Waals surface area contributed by atoms with Crippen molar-refractivity contribution in [3.05, 3.63) is 71.9 Å². The lowest BCUT2D eigenvalue weighted by molar-refractivity contribution is -0.166. The summed E-state index contributed by atoms with van der Waals surface area (Å²) in [5, 5.41) is 7.86. The zero-order valence-electron chi connectivity index (χ0n) is 16.9. The van der Waals surface area contributed by atoms with Crippen molar-refractivity contribution in [1.29, 1.82) is 0 Å². The number of nitrogens with one attached hydrogen (secondary N) is 1. The highest BCUT2D eigenvalue weighted by atomic mass is 16.7. The van der Waals surface area contributed by atoms with Gasteiger partial charge in [-0.05, 0) is 11.6 Å². The number of hydrogen-bond acceptors (Lipinski definition) is 5. The quantitative estimate of drug-likeness (QED) is 0.640. The number of aryl methyl sites for hydroxylation is 1. The van der Waals surface area contributed by atoms with Crippen LogP contribution in [0.15, 0.2) is 65.9 Å². The van der Waals surface area contributed by atoms with Gasteiger partial charge < -0.3 is 19.5 Å². The van der Waals surface area contributed by atoms with Crippen molar-refractivity contribution in [2.45, 2.75) is 18.4 Å². The zero-order valence-corrected chi connectivity index (χ0v) is 16.9. The van der Waals surface area contributed by atoms with Crippen LogP contribution in [0.3, 0.4) is 0 Å². The molecule has 4 rings (SSSR count). The second-order valence-corrected chi connectivity index (χ2v) is 7.43. The van der Waals surface area contributed by atoms with Crippen LogP contribution in [0.4, 0.5) is 0 Å². The van der Waals surface area contributed by atoms with Crippen molar-refractivity contribution >= 4 is 28.5 Å². The molecule has 0 aliphatic carbocycles. The Kier molecular flexibility index (Phi) is 5.27. The topological polar surface area (TPSA) is 81.9 Å². The third-order valence-corrected chi connectivity index (χ3v) is 5.32. The summed E-state index contributed by atoms with van der Waals surface area (Å²) >= 11 is 0. The lowest BCUT2D eigenvalue weighted by Crippen LogP contribution is -2.43. The molecule has 154 valence electrons. The molecule has 1 N–H and O–H groups in total. The monoisotopic (exact) mass is 405 g/mol. The Hall–Kier alpha value is -3.61. The average molecular weight is 405 g/mol. The SMILES string of the molecule is COC(=O)C1(Cc2ccccc2)CC(CNC(=O)c2cn(C)c3ccccc23)=NO1. The highest BCUT2D eigenvalue weighted by molar-refractivity contribution is 6.08. The van der Waals surface area contributed by atoms with E-state index in [-0.39, 0.29) is 18.9 Å². The number of para-hydroxylation sites is 1. The van der Waals surface area contributed by atoms with Crippen molar-refractivity contribution in [3.63, 3.8) is 0 Å². The molecular formula is C23H23N3O4. The number of hydrogen-bond donors (Lipinski definition) is 1. The van der Waals surface area contributed by atoms with Gasteiger partial charge in [-0.15, -0.1) is 0 Å². The lowest BCUT2D eigenvalue weighted by Gasteiger charge is -2.23. The lowest BCUT2D eigenvalue weighted by atomic mass is 9.89. The highest BCUT2D eigenvalue weighted by Crippen LogP contribution is 2.30. The van der Waals surface area contributed by atoms with Crippen LogP contribution < -0.4 is 5.32 Å². The van der Waals surface area contributed by atoms with E-state index in [9.17, 15) is 9.59 Å². The number of benzene rings is 2. The fraction of sp³-hybridized carbons (Fsp3) is 0.261. The van der Waals surface area contributed by atoms with Gasteiger partial charge in [-0.25, -0.2) is 4.79 Å². The van der Waals surface area contributed by atoms with E-state index in [0.29, 0.717) is 17.7 Å². The van der Waals surface area contributed by atoms with E-state index in [4.69, 9.17) is 9.57 Å². The summed E-state index contributed by atoms with van der Waals surface area (Å²) < 4.78 is 6.90. The molecule has 1 aromatic heterocycles. The number of methoxy groups -OCH3 is 1. The van der Waals surface area contributed by atoms with Gasteiger partial charge in [0, 0.05) is 37.0 Å². The number of amides is 1. The van der Waals surface area contributed by atoms with Gasteiger partial charge in [-0.1, -0.05) is 53.7 Å². The van der Waals surface area contributed by atoms with Gasteiger partial charge in [0.2, 0.25) is 5.60 Å². The minimum Gasteiger partial charge on any atom is -0.466 e. The van der Waals surface area contributed by atoms with E-state index in [1.54, 1.807) is 6.20 Å². The Morgan fingerprint density at radius 1 is 1.17 bits per heavy atom. The third-order valence-electron chi connectivity index (χ3n) is 5.32. The van der Waals surface area contributed by atoms with E-state index < -0.39 is 11.6 Å². The van der Waals surface area contributed by atoms with E-state index in [2.05, 4.69) is 10.5 Å². The molecule has 1 aliphatic heterocycles. The molecule has 3 aromatic rings. The molecule has 0 saturated heterocycles. The summed E-state index contributed by atoms with van der Waals surface area (Å²) in [6.07, 6.45) is 2.40. The number of oxime groups is 1. The van der Waals surface area contributed by atoms with Crippen LogP contribution in [0.2, 0.25) is 0 Å². The van der Waals surface area contributed by atoms with Gasteiger partial charge >= 0.3 is 5.97 Å². The number of carbonyl (C=O) groups is 2. The Morgan fingerprint density at radius 3 is 2.67 bits per heavy atom. The molecule has 0 fully saturated rings. The first kappa shape index (κ1) is 19.7. The van der Waals surface area contributed by atoms with Gasteiger partial charge in [0.05, 0.1) is 24.9 Å². The molecule has 1 atom stereocenters. The van der Waals surface area contributed by atoms with Crippen LogP contribution in [0.1, 0.15) is 22.3 Å². The first-order chi connectivity index (χ1) is 14.5. The van der Waals surface area contributed by atoms with Crippen LogP contribution in [0.5, 0.6) is 0 Å². The molecule has 30 heavy (non-hydrogen) atoms. The number of esters is 1. The minimum atomic E-state index is -1.21. The summed E-state index contributed by atoms with van der Waals surface area (Å²) in [6, 6.07) is 17.3. The van der Waals surface area contributed by atoms with Crippen molar-refractivity contribution in [2.75, 3.05) is 13.7 Å². The summed E-state index contributed by atoms with van der Waals surface area (Å²) in [5.74, 6) is -0.682. The van der Waals surface area contributed by atoms with Crippen LogP contribution in [-0.4, -0.2) is 41.4 Å². The van der Waals surface area contributed by atoms with E-state index in [0.717, 1.165) is 16.5 Å². The Balaban J connectivity index is 1.45. The van der Waals surface area contributed by atoms with Crippen molar-refractivity contribution < 1.29 is 19.2 Å². The molecule has 1 unspecified atom stereocenters. The van der Waals surface area contributed by atoms with E-state index >= 15 is 0 Å². The standard InChI is InChI=1S/C23H23N3O4/c1-26-15-19(18-10-6-7-11-20(18)26)21(27)24-14-17-13-23(30-25-17,22(28)29-2)12-16-8-4-3-5-9-16/h3-11,15H,12-14H2,1-2H3,(H,24,27). The Morgan fingerprint density at radius 2 is 1.90 bits per heavy atom. The Labute approximate surface area is 174 Å². The Bertz CT molecular complexity index is 1120. The molecule has 0 spiro atoms. The smallest absolute Gasteiger partial charge is 0.353 e. The fourth-order valence-electron chi connectivity index (χ4n) is 3.83. The summed E-state index contributed by atoms with van der Waals surface area (Å²) in [5.41, 5.74) is 1.90. The number of nitrogens with zero attached hydrogens (tertiary/aromatic N) is 2. The largest absolute Gasteiger partial charge is 0.466 e. The van der Waals surface area contributed by atoms with Crippen LogP contribution in [0.25, 0.3) is 10.9 Å². The van der Waals surface area contributed by atoms with Crippen molar-refractivity contribution in [3.8, 4) is 0 Å². The molecule has 1 amide bonds. The average Bonchev–Trinajstić information content (AvgIpc) is 3.34. The first-order valence-corrected chi connectivity index (χ1v) is 9.71. The molecule has 7 nitrogen and oxygen atoms in total. The predicted octanol–water partition coefficient (Wildman–Crippen LogP) is 2.84. The third kappa shape index (κ3) is 3.66. The second-order valence-electron chi connectivity index (χ2n) is 7.43. The number of aromatic nitrogens is 1. The number of carbonyl (C=O) groups excluding carboxylic acids is 2. The van der Waals surface area contributed by atoms with Gasteiger partial charge in [-0.2, -0.15) is 0 Å². The maximum atomic E-state index is 12.8. The highest BCUT2D eigenvalue weighted by Gasteiger charge is 2.47. The van der Waals surface area contributed by atoms with Gasteiger partial charge in [0.25, 0.3) is 5.91 Å². The second kappa shape index (κ2) is 8.02. The normalized spacial score (nSPS) is 18.0. The van der Waals surface area contributed by atoms with Crippen LogP contribution in [0, 0.1) is 0 Å². The van der Waals surface area contributed by atoms with Crippen LogP contribution >= 0.6 is 0 Å². The van der Waals surface area contributed by atoms with E-state index in [1.807, 2.05) is 66.2 Å². The minimum absolute atomic E-state index is 0.190. The maximum Gasteiger partial charge on any atom is 0.353 e. The molecule has 2 aromatic carbocycles. The van der Waals surface area contributed by atoms with Gasteiger partial charge in [0.15, 0.2) is 0 Å². The molecule has 1 aliphatic rings. The number of ether oxygens (including phenoxy) is 1. The molecule has 0 radical (unpaired) electrons. The molecular weight excluding hydrogens is 382 g/mol. The first-order valence-electron chi connectivity index (χ1n) is 9.71. The fourth-order valence-corrected chi connectivity index (χ4v) is 3.83. The number of fused-ring (bicyclic) bond motifs is 1. The maximum absolute atomic E-state index is 12.8. The van der Waals surface area contributed by atoms with Crippen molar-refractivity contribution in [1.82, 2.24) is 9.88 Å². The summed E-state index contributed by atoms with van der Waals surface area (Å²) in [6.45, 7) is 0.190. The van der Waals surface area contributed by atoms with E-state index in [1.165, 1.54) is 7.11 Å². The van der Waals surface area contributed by atoms with Gasteiger partial charge in [-0.3, -0.25) is 4.79 Å². The summed E-state index contributed by atoms with van der Waals surface area (Å²) in [7, 11) is 3.24. The molecule has 7 heteroatoms. The molecule has 2 heterocycles. The number of rotatable bonds is 6. The van der Waals surface area contributed by atoms with Crippen LogP contribution in [-0.2, 0) is 27.8 Å². The zero-order chi connectivity index (χ0) is 21.1. The van der Waals surface area contributed by atoms with Crippen molar-refractivity contribution in [2.24, 2.45) is 12.2 Å². The summed E-state index contributed by atoms with van der Waals surface area (Å²) in [4.78, 5) is 30.8. The molecule has 0 bridgehead atoms. The predicted molar refractivity (Wildman–Crippen MR) is 113 cm³/mol.